The van der Waals surface area contributed by atoms with Crippen molar-refractivity contribution in [2.75, 3.05) is 0 Å². The summed E-state index contributed by atoms with van der Waals surface area (Å²) in [5.74, 6) is 0. The van der Waals surface area contributed by atoms with Gasteiger partial charge in [-0.1, -0.05) is 5.16 Å². The lowest BCUT2D eigenvalue weighted by Gasteiger charge is -1.66. The highest BCUT2D eigenvalue weighted by molar-refractivity contribution is 9.39. The first-order valence-corrected chi connectivity index (χ1v) is 3.10. The number of hydrogen-bond donors (Lipinski definition) is 3. The Bertz CT molecular complexity index is 106. The van der Waals surface area contributed by atoms with Crippen molar-refractivity contribution in [2.24, 2.45) is 10.9 Å². The highest BCUT2D eigenvalue weighted by Crippen LogP contribution is 1.94. The van der Waals surface area contributed by atoms with Gasteiger partial charge in [0, 0.05) is 0 Å². The lowest BCUT2D eigenvalue weighted by Crippen LogP contribution is -2.03. The van der Waals surface area contributed by atoms with Crippen molar-refractivity contribution in [3.63, 3.8) is 0 Å². The van der Waals surface area contributed by atoms with E-state index in [9.17, 15) is 0 Å². The normalized spacial score (nSPS) is 6.44. The van der Waals surface area contributed by atoms with Gasteiger partial charge >= 0.3 is 6.09 Å². The molecule has 1 amide bonds. The van der Waals surface area contributed by atoms with E-state index in [0.29, 0.717) is 3.53 Å². The van der Waals surface area contributed by atoms with Crippen molar-refractivity contribution in [3.8, 4) is 0 Å². The third kappa shape index (κ3) is 86.6. The van der Waals surface area contributed by atoms with Crippen molar-refractivity contribution >= 4 is 41.5 Å². The fourth-order valence-electron chi connectivity index (χ4n) is 0. The van der Waals surface area contributed by atoms with Gasteiger partial charge in [-0.2, -0.15) is 0 Å². The van der Waals surface area contributed by atoms with Crippen molar-refractivity contribution in [2.45, 2.75) is 0 Å². The van der Waals surface area contributed by atoms with Crippen LogP contribution in [-0.2, 0) is 0 Å². The number of carboxylic acid groups (broad SMARTS) is 1. The summed E-state index contributed by atoms with van der Waals surface area (Å²) in [7, 11) is 0. The van der Waals surface area contributed by atoms with Gasteiger partial charge in [0.1, 0.15) is 0 Å². The van der Waals surface area contributed by atoms with E-state index < -0.39 is 6.09 Å². The molecule has 0 atom stereocenters. The standard InChI is InChI=1S/CHBr2NO.CH3NO2/c2-1(3)4-5;2-1(3)4/h5H;2H2,(H,3,4). The molecule has 0 saturated heterocycles. The first-order chi connectivity index (χ1) is 4.00. The second kappa shape index (κ2) is 7.70. The summed E-state index contributed by atoms with van der Waals surface area (Å²) in [6.07, 6.45) is -1.33. The second-order valence-corrected chi connectivity index (χ2v) is 3.25. The Morgan fingerprint density at radius 1 is 1.56 bits per heavy atom. The Hall–Kier alpha value is -0.300. The van der Waals surface area contributed by atoms with Gasteiger partial charge < -0.3 is 16.0 Å². The van der Waals surface area contributed by atoms with Gasteiger partial charge in [0.2, 0.25) is 0 Å². The molecular formula is C2H4Br2N2O3. The van der Waals surface area contributed by atoms with Crippen LogP contribution in [0, 0.1) is 0 Å². The average molecular weight is 264 g/mol. The molecule has 54 valence electrons. The lowest BCUT2D eigenvalue weighted by atomic mass is 11.3. The van der Waals surface area contributed by atoms with Crippen LogP contribution >= 0.6 is 31.9 Å². The molecule has 0 aliphatic carbocycles. The Kier molecular flexibility index (Phi) is 9.83. The number of primary amides is 1. The topological polar surface area (TPSA) is 95.9 Å². The molecule has 0 rings (SSSR count). The minimum Gasteiger partial charge on any atom is -0.465 e. The van der Waals surface area contributed by atoms with Crippen LogP contribution in [0.3, 0.4) is 0 Å². The van der Waals surface area contributed by atoms with Crippen molar-refractivity contribution in [1.29, 1.82) is 0 Å². The molecule has 0 aliphatic rings. The van der Waals surface area contributed by atoms with Crippen molar-refractivity contribution in [1.82, 2.24) is 0 Å². The first kappa shape index (κ1) is 11.5. The van der Waals surface area contributed by atoms with E-state index in [-0.39, 0.29) is 0 Å². The second-order valence-electron chi connectivity index (χ2n) is 0.679. The molecule has 0 saturated carbocycles. The molecule has 0 aromatic heterocycles. The van der Waals surface area contributed by atoms with Gasteiger partial charge in [0.15, 0.2) is 3.53 Å². The molecule has 5 nitrogen and oxygen atoms in total. The monoisotopic (exact) mass is 262 g/mol. The molecule has 0 unspecified atom stereocenters. The summed E-state index contributed by atoms with van der Waals surface area (Å²) in [4.78, 5) is 8.78. The van der Waals surface area contributed by atoms with Crippen LogP contribution < -0.4 is 5.73 Å². The molecule has 0 radical (unpaired) electrons. The summed E-state index contributed by atoms with van der Waals surface area (Å²) in [5, 5.41) is 17.5. The maximum atomic E-state index is 8.78. The fourth-order valence-corrected chi connectivity index (χ4v) is 0. The highest BCUT2D eigenvalue weighted by Gasteiger charge is 1.72. The highest BCUT2D eigenvalue weighted by atomic mass is 79.9. The molecule has 0 aromatic carbocycles. The third-order valence-electron chi connectivity index (χ3n) is 0.0756. The number of nitrogens with zero attached hydrogens (tertiary/aromatic N) is 1. The molecular weight excluding hydrogens is 260 g/mol. The predicted octanol–water partition coefficient (Wildman–Crippen LogP) is 1.14. The van der Waals surface area contributed by atoms with E-state index in [1.165, 1.54) is 0 Å². The summed E-state index contributed by atoms with van der Waals surface area (Å²) < 4.78 is 0.310. The van der Waals surface area contributed by atoms with E-state index >= 15 is 0 Å². The molecule has 0 heterocycles. The minimum absolute atomic E-state index is 0.310. The molecule has 0 aromatic rings. The zero-order valence-electron chi connectivity index (χ0n) is 4.08. The number of rotatable bonds is 0. The van der Waals surface area contributed by atoms with Gasteiger partial charge in [0.05, 0.1) is 0 Å². The Balaban J connectivity index is 0. The average Bonchev–Trinajstić information content (AvgIpc) is 1.65. The van der Waals surface area contributed by atoms with E-state index in [4.69, 9.17) is 15.1 Å². The summed E-state index contributed by atoms with van der Waals surface area (Å²) in [5.41, 5.74) is 4.03. The van der Waals surface area contributed by atoms with Gasteiger partial charge in [-0.05, 0) is 31.9 Å². The fraction of sp³-hybridized carbons (Fsp3) is 0. The Morgan fingerprint density at radius 2 is 1.67 bits per heavy atom. The maximum absolute atomic E-state index is 8.78. The Morgan fingerprint density at radius 3 is 1.67 bits per heavy atom. The van der Waals surface area contributed by atoms with Crippen LogP contribution in [0.5, 0.6) is 0 Å². The van der Waals surface area contributed by atoms with Crippen molar-refractivity contribution in [3.05, 3.63) is 0 Å². The van der Waals surface area contributed by atoms with Crippen LogP contribution in [0.4, 0.5) is 4.79 Å². The summed E-state index contributed by atoms with van der Waals surface area (Å²) in [6, 6.07) is 0. The van der Waals surface area contributed by atoms with E-state index in [1.54, 1.807) is 0 Å². The zero-order chi connectivity index (χ0) is 7.86. The lowest BCUT2D eigenvalue weighted by molar-refractivity contribution is 0.205. The molecule has 4 N–H and O–H groups in total. The molecule has 9 heavy (non-hydrogen) atoms. The number of amides is 1. The number of nitrogens with two attached hydrogens (primary N) is 1. The summed E-state index contributed by atoms with van der Waals surface area (Å²) in [6.45, 7) is 0. The smallest absolute Gasteiger partial charge is 0.402 e. The number of carbonyl (C=O) groups is 1. The van der Waals surface area contributed by atoms with E-state index in [1.807, 2.05) is 0 Å². The number of oxime groups is 1. The molecule has 7 heteroatoms. The first-order valence-electron chi connectivity index (χ1n) is 1.52. The maximum Gasteiger partial charge on any atom is 0.402 e. The summed E-state index contributed by atoms with van der Waals surface area (Å²) >= 11 is 5.58. The molecule has 0 aliphatic heterocycles. The number of hydrogen-bond acceptors (Lipinski definition) is 3. The van der Waals surface area contributed by atoms with Gasteiger partial charge in [-0.15, -0.1) is 0 Å². The largest absolute Gasteiger partial charge is 0.465 e. The van der Waals surface area contributed by atoms with Crippen LogP contribution in [0.15, 0.2) is 5.16 Å². The van der Waals surface area contributed by atoms with E-state index in [2.05, 4.69) is 42.7 Å². The zero-order valence-corrected chi connectivity index (χ0v) is 7.26. The number of halogens is 2. The molecule has 0 spiro atoms. The van der Waals surface area contributed by atoms with Gasteiger partial charge in [-0.25, -0.2) is 4.79 Å². The van der Waals surface area contributed by atoms with Crippen molar-refractivity contribution < 1.29 is 15.1 Å². The quantitative estimate of drug-likeness (QED) is 0.347. The van der Waals surface area contributed by atoms with Crippen LogP contribution in [-0.4, -0.2) is 19.9 Å². The van der Waals surface area contributed by atoms with Gasteiger partial charge in [0.25, 0.3) is 0 Å². The van der Waals surface area contributed by atoms with Crippen LogP contribution in [0.25, 0.3) is 0 Å². The SMILES string of the molecule is NC(=O)O.ON=C(Br)Br. The predicted molar refractivity (Wildman–Crippen MR) is 39.3 cm³/mol. The van der Waals surface area contributed by atoms with Crippen LogP contribution in [0.1, 0.15) is 0 Å². The molecule has 0 bridgehead atoms. The van der Waals surface area contributed by atoms with Crippen LogP contribution in [0.2, 0.25) is 0 Å². The van der Waals surface area contributed by atoms with E-state index in [0.717, 1.165) is 0 Å². The Labute approximate surface area is 67.8 Å². The van der Waals surface area contributed by atoms with Gasteiger partial charge in [-0.3, -0.25) is 0 Å². The minimum atomic E-state index is -1.33. The molecule has 0 fully saturated rings. The third-order valence-corrected chi connectivity index (χ3v) is 0.393.